The number of halogens is 1. The quantitative estimate of drug-likeness (QED) is 0.795. The van der Waals surface area contributed by atoms with Crippen molar-refractivity contribution in [3.63, 3.8) is 0 Å². The summed E-state index contributed by atoms with van der Waals surface area (Å²) < 4.78 is 20.3. The SMILES string of the molecule is CC1C[N+]2(CCN(CCc3cccc(F)c3)CC2)CC(C)O1. The Hall–Kier alpha value is -0.970. The summed E-state index contributed by atoms with van der Waals surface area (Å²) in [5.74, 6) is -0.128. The van der Waals surface area contributed by atoms with Crippen LogP contribution in [0.4, 0.5) is 4.39 Å². The lowest BCUT2D eigenvalue weighted by atomic mass is 10.1. The fraction of sp³-hybridized carbons (Fsp3) is 0.667. The number of quaternary nitrogens is 1. The van der Waals surface area contributed by atoms with Gasteiger partial charge in [-0.15, -0.1) is 0 Å². The lowest BCUT2D eigenvalue weighted by Crippen LogP contribution is -2.66. The van der Waals surface area contributed by atoms with Crippen LogP contribution in [-0.2, 0) is 11.2 Å². The van der Waals surface area contributed by atoms with Gasteiger partial charge in [-0.25, -0.2) is 4.39 Å². The molecule has 0 amide bonds. The van der Waals surface area contributed by atoms with E-state index in [1.54, 1.807) is 12.1 Å². The normalized spacial score (nSPS) is 28.9. The molecule has 0 bridgehead atoms. The van der Waals surface area contributed by atoms with E-state index >= 15 is 0 Å². The van der Waals surface area contributed by atoms with Crippen LogP contribution >= 0.6 is 0 Å². The number of benzene rings is 1. The van der Waals surface area contributed by atoms with Crippen LogP contribution in [0.1, 0.15) is 19.4 Å². The van der Waals surface area contributed by atoms with Gasteiger partial charge in [0.15, 0.2) is 0 Å². The van der Waals surface area contributed by atoms with Gasteiger partial charge in [-0.2, -0.15) is 0 Å². The van der Waals surface area contributed by atoms with E-state index in [2.05, 4.69) is 18.7 Å². The third-order valence-corrected chi connectivity index (χ3v) is 5.14. The molecule has 1 spiro atoms. The van der Waals surface area contributed by atoms with Crippen LogP contribution in [0.5, 0.6) is 0 Å². The van der Waals surface area contributed by atoms with Crippen LogP contribution in [0.2, 0.25) is 0 Å². The molecule has 122 valence electrons. The molecular formula is C18H28FN2O+. The molecule has 1 aromatic rings. The van der Waals surface area contributed by atoms with Crippen molar-refractivity contribution >= 4 is 0 Å². The van der Waals surface area contributed by atoms with E-state index in [0.29, 0.717) is 12.2 Å². The van der Waals surface area contributed by atoms with Gasteiger partial charge in [0.1, 0.15) is 31.1 Å². The molecule has 0 aliphatic carbocycles. The van der Waals surface area contributed by atoms with Gasteiger partial charge in [0.05, 0.1) is 13.1 Å². The van der Waals surface area contributed by atoms with Crippen molar-refractivity contribution in [3.8, 4) is 0 Å². The largest absolute Gasteiger partial charge is 0.364 e. The molecule has 3 nitrogen and oxygen atoms in total. The summed E-state index contributed by atoms with van der Waals surface area (Å²) in [6.45, 7) is 12.5. The van der Waals surface area contributed by atoms with Crippen molar-refractivity contribution in [2.75, 3.05) is 45.8 Å². The number of hydrogen-bond donors (Lipinski definition) is 0. The summed E-state index contributed by atoms with van der Waals surface area (Å²) in [6, 6.07) is 6.99. The Labute approximate surface area is 133 Å². The number of rotatable bonds is 3. The average Bonchev–Trinajstić information content (AvgIpc) is 2.46. The Bertz CT molecular complexity index is 488. The lowest BCUT2D eigenvalue weighted by Gasteiger charge is -2.50. The molecule has 0 saturated carbocycles. The fourth-order valence-electron chi connectivity index (χ4n) is 4.15. The first-order chi connectivity index (χ1) is 10.5. The van der Waals surface area contributed by atoms with Crippen LogP contribution in [0.15, 0.2) is 24.3 Å². The number of nitrogens with zero attached hydrogens (tertiary/aromatic N) is 2. The van der Waals surface area contributed by atoms with Crippen molar-refractivity contribution in [1.82, 2.24) is 4.90 Å². The van der Waals surface area contributed by atoms with E-state index in [-0.39, 0.29) is 5.82 Å². The minimum Gasteiger partial charge on any atom is -0.364 e. The monoisotopic (exact) mass is 307 g/mol. The Morgan fingerprint density at radius 3 is 2.50 bits per heavy atom. The molecule has 2 heterocycles. The van der Waals surface area contributed by atoms with E-state index < -0.39 is 0 Å². The highest BCUT2D eigenvalue weighted by Gasteiger charge is 2.39. The van der Waals surface area contributed by atoms with Gasteiger partial charge in [-0.3, -0.25) is 4.90 Å². The maximum absolute atomic E-state index is 13.2. The third-order valence-electron chi connectivity index (χ3n) is 5.14. The second-order valence-corrected chi connectivity index (χ2v) is 7.13. The zero-order valence-electron chi connectivity index (χ0n) is 13.8. The molecule has 0 aromatic heterocycles. The topological polar surface area (TPSA) is 12.5 Å². The maximum atomic E-state index is 13.2. The standard InChI is InChI=1S/C18H28FN2O/c1-15-13-21(14-16(2)22-15)10-8-20(9-11-21)7-6-17-4-3-5-18(19)12-17/h3-5,12,15-16H,6-11,13-14H2,1-2H3/q+1. The van der Waals surface area contributed by atoms with Crippen molar-refractivity contribution in [3.05, 3.63) is 35.6 Å². The van der Waals surface area contributed by atoms with Gasteiger partial charge in [0, 0.05) is 19.6 Å². The molecule has 0 radical (unpaired) electrons. The van der Waals surface area contributed by atoms with Gasteiger partial charge in [0.2, 0.25) is 0 Å². The van der Waals surface area contributed by atoms with Gasteiger partial charge in [0.25, 0.3) is 0 Å². The Balaban J connectivity index is 1.49. The van der Waals surface area contributed by atoms with E-state index in [9.17, 15) is 4.39 Å². The zero-order chi connectivity index (χ0) is 15.6. The summed E-state index contributed by atoms with van der Waals surface area (Å²) in [5.41, 5.74) is 1.10. The van der Waals surface area contributed by atoms with E-state index in [0.717, 1.165) is 44.7 Å². The maximum Gasteiger partial charge on any atom is 0.123 e. The first-order valence-corrected chi connectivity index (χ1v) is 8.52. The molecule has 3 rings (SSSR count). The van der Waals surface area contributed by atoms with E-state index in [4.69, 9.17) is 4.74 Å². The fourth-order valence-corrected chi connectivity index (χ4v) is 4.15. The lowest BCUT2D eigenvalue weighted by molar-refractivity contribution is -0.945. The molecule has 4 heteroatoms. The molecule has 2 atom stereocenters. The van der Waals surface area contributed by atoms with E-state index in [1.807, 2.05) is 6.07 Å². The number of hydrogen-bond acceptors (Lipinski definition) is 2. The Morgan fingerprint density at radius 1 is 1.18 bits per heavy atom. The summed E-state index contributed by atoms with van der Waals surface area (Å²) >= 11 is 0. The summed E-state index contributed by atoms with van der Waals surface area (Å²) in [7, 11) is 0. The number of ether oxygens (including phenoxy) is 1. The minimum atomic E-state index is -0.128. The second kappa shape index (κ2) is 6.65. The highest BCUT2D eigenvalue weighted by atomic mass is 19.1. The molecule has 2 aliphatic heterocycles. The molecule has 2 fully saturated rings. The van der Waals surface area contributed by atoms with Crippen LogP contribution < -0.4 is 0 Å². The van der Waals surface area contributed by atoms with Crippen LogP contribution in [0.3, 0.4) is 0 Å². The molecule has 2 unspecified atom stereocenters. The Kier molecular flexibility index (Phi) is 4.81. The summed E-state index contributed by atoms with van der Waals surface area (Å²) in [6.07, 6.45) is 1.69. The van der Waals surface area contributed by atoms with Crippen molar-refractivity contribution in [2.45, 2.75) is 32.5 Å². The number of morpholine rings is 1. The van der Waals surface area contributed by atoms with Crippen LogP contribution in [0.25, 0.3) is 0 Å². The molecule has 2 saturated heterocycles. The highest BCUT2D eigenvalue weighted by Crippen LogP contribution is 2.22. The molecule has 22 heavy (non-hydrogen) atoms. The first-order valence-electron chi connectivity index (χ1n) is 8.52. The summed E-state index contributed by atoms with van der Waals surface area (Å²) in [4.78, 5) is 2.53. The predicted octanol–water partition coefficient (Wildman–Crippen LogP) is 2.31. The molecule has 1 aromatic carbocycles. The van der Waals surface area contributed by atoms with Gasteiger partial charge in [-0.1, -0.05) is 12.1 Å². The minimum absolute atomic E-state index is 0.128. The van der Waals surface area contributed by atoms with Crippen molar-refractivity contribution in [2.24, 2.45) is 0 Å². The molecular weight excluding hydrogens is 279 g/mol. The average molecular weight is 307 g/mol. The smallest absolute Gasteiger partial charge is 0.123 e. The third kappa shape index (κ3) is 3.86. The molecule has 0 N–H and O–H groups in total. The van der Waals surface area contributed by atoms with Crippen LogP contribution in [0, 0.1) is 5.82 Å². The summed E-state index contributed by atoms with van der Waals surface area (Å²) in [5, 5.41) is 0. The van der Waals surface area contributed by atoms with Crippen molar-refractivity contribution < 1.29 is 13.6 Å². The van der Waals surface area contributed by atoms with Gasteiger partial charge >= 0.3 is 0 Å². The first kappa shape index (κ1) is 15.9. The molecule has 2 aliphatic rings. The van der Waals surface area contributed by atoms with Crippen molar-refractivity contribution in [1.29, 1.82) is 0 Å². The Morgan fingerprint density at radius 2 is 1.86 bits per heavy atom. The van der Waals surface area contributed by atoms with Gasteiger partial charge in [-0.05, 0) is 38.0 Å². The number of piperazine rings is 1. The highest BCUT2D eigenvalue weighted by molar-refractivity contribution is 5.16. The van der Waals surface area contributed by atoms with Gasteiger partial charge < -0.3 is 9.22 Å². The van der Waals surface area contributed by atoms with E-state index in [1.165, 1.54) is 23.6 Å². The van der Waals surface area contributed by atoms with Crippen LogP contribution in [-0.4, -0.2) is 67.4 Å². The zero-order valence-corrected chi connectivity index (χ0v) is 13.8. The second-order valence-electron chi connectivity index (χ2n) is 7.13. The predicted molar refractivity (Wildman–Crippen MR) is 86.3 cm³/mol.